The fraction of sp³-hybridized carbons (Fsp3) is 1.00. The summed E-state index contributed by atoms with van der Waals surface area (Å²) < 4.78 is 25.9. The summed E-state index contributed by atoms with van der Waals surface area (Å²) in [6.45, 7) is 9.73. The molecule has 0 aromatic carbocycles. The van der Waals surface area contributed by atoms with Gasteiger partial charge in [0, 0.05) is 0 Å². The van der Waals surface area contributed by atoms with Crippen molar-refractivity contribution in [2.75, 3.05) is 31.4 Å². The molecule has 4 nitrogen and oxygen atoms in total. The maximum Gasteiger partial charge on any atom is 0.261 e. The molecule has 0 bridgehead atoms. The van der Waals surface area contributed by atoms with Gasteiger partial charge in [0.25, 0.3) is 10.1 Å². The molecule has 0 rings (SSSR count). The Labute approximate surface area is 204 Å². The molecule has 0 saturated carbocycles. The normalized spacial score (nSPS) is 12.1. The van der Waals surface area contributed by atoms with E-state index in [0.717, 1.165) is 0 Å². The Kier molecular flexibility index (Phi) is 29.9. The largest absolute Gasteiger partial charge is 0.344 e. The van der Waals surface area contributed by atoms with Gasteiger partial charge in [0.1, 0.15) is 0 Å². The van der Waals surface area contributed by atoms with Gasteiger partial charge in [-0.1, -0.05) is 0 Å². The van der Waals surface area contributed by atoms with Gasteiger partial charge >= 0.3 is 169 Å². The Balaban J connectivity index is -0.00000125. The quantitative estimate of drug-likeness (QED) is 0.0935. The summed E-state index contributed by atoms with van der Waals surface area (Å²) in [6, 6.07) is 0. The van der Waals surface area contributed by atoms with Crippen LogP contribution < -0.4 is 6.15 Å². The molecular weight excluding hydrogens is 437 g/mol. The molecule has 0 aliphatic rings. The van der Waals surface area contributed by atoms with E-state index >= 15 is 0 Å². The Morgan fingerprint density at radius 3 is 0.938 bits per heavy atom. The minimum Gasteiger partial charge on any atom is -0.344 e. The standard InChI is InChI=1S/C25H55P.CH4O3S.H3N/c1-5-8-11-14-17-20-23-26(4,24-21-18-15-12-9-6-2)25-22-19-16-13-10-7-3;1-5(2,3)4;/h26H,5-25H2,1-4H3;1H3,(H,2,3,4);1H3. The fourth-order valence-corrected chi connectivity index (χ4v) is 8.43. The van der Waals surface area contributed by atoms with Crippen LogP contribution in [0.2, 0.25) is 0 Å². The third kappa shape index (κ3) is 34.9. The maximum atomic E-state index is 9.19. The molecule has 0 spiro atoms. The third-order valence-corrected chi connectivity index (χ3v) is 11.1. The van der Waals surface area contributed by atoms with Crippen LogP contribution in [0.25, 0.3) is 0 Å². The Morgan fingerprint density at radius 2 is 0.719 bits per heavy atom. The van der Waals surface area contributed by atoms with Gasteiger partial charge in [0.05, 0.1) is 6.26 Å². The zero-order chi connectivity index (χ0) is 23.8. The van der Waals surface area contributed by atoms with E-state index in [1.54, 1.807) is 18.5 Å². The van der Waals surface area contributed by atoms with Gasteiger partial charge in [0.2, 0.25) is 0 Å². The second kappa shape index (κ2) is 25.9. The van der Waals surface area contributed by atoms with Gasteiger partial charge < -0.3 is 6.15 Å². The summed E-state index contributed by atoms with van der Waals surface area (Å²) in [5, 5.41) is 0. The molecule has 0 aliphatic carbocycles. The third-order valence-electron chi connectivity index (χ3n) is 6.40. The first-order valence-electron chi connectivity index (χ1n) is 13.6. The van der Waals surface area contributed by atoms with Crippen LogP contribution in [-0.2, 0) is 10.1 Å². The fourth-order valence-electron chi connectivity index (χ4n) is 4.37. The van der Waals surface area contributed by atoms with Gasteiger partial charge in [0.15, 0.2) is 0 Å². The van der Waals surface area contributed by atoms with Crippen molar-refractivity contribution in [2.45, 2.75) is 136 Å². The van der Waals surface area contributed by atoms with Crippen LogP contribution in [0, 0.1) is 0 Å². The van der Waals surface area contributed by atoms with Crippen LogP contribution in [0.5, 0.6) is 0 Å². The number of unbranched alkanes of at least 4 members (excludes halogenated alkanes) is 15. The van der Waals surface area contributed by atoms with Gasteiger partial charge in [-0.3, -0.25) is 4.55 Å². The molecule has 0 aliphatic heterocycles. The zero-order valence-electron chi connectivity index (χ0n) is 22.7. The summed E-state index contributed by atoms with van der Waals surface area (Å²) in [7, 11) is -4.62. The van der Waals surface area contributed by atoms with Crippen LogP contribution >= 0.6 is 7.26 Å². The van der Waals surface area contributed by atoms with Crippen molar-refractivity contribution in [3.05, 3.63) is 0 Å². The molecule has 0 amide bonds. The molecule has 6 heteroatoms. The predicted octanol–water partition coefficient (Wildman–Crippen LogP) is 9.11. The SMILES string of the molecule is CCCCCCCC[PH](C)(CCCCCCCC)CCCCCCCC.CS(=O)(=O)O.N. The van der Waals surface area contributed by atoms with E-state index in [1.807, 2.05) is 0 Å². The summed E-state index contributed by atoms with van der Waals surface area (Å²) in [4.78, 5) is 0. The van der Waals surface area contributed by atoms with E-state index in [1.165, 1.54) is 116 Å². The van der Waals surface area contributed by atoms with Crippen molar-refractivity contribution in [1.82, 2.24) is 6.15 Å². The average molecular weight is 500 g/mol. The molecule has 0 heterocycles. The monoisotopic (exact) mass is 499 g/mol. The van der Waals surface area contributed by atoms with Crippen LogP contribution in [-0.4, -0.2) is 44.4 Å². The molecule has 32 heavy (non-hydrogen) atoms. The minimum absolute atomic E-state index is 0. The summed E-state index contributed by atoms with van der Waals surface area (Å²) in [6.07, 6.45) is 32.1. The smallest absolute Gasteiger partial charge is 0.261 e. The minimum atomic E-state index is -3.67. The van der Waals surface area contributed by atoms with E-state index in [-0.39, 0.29) is 6.15 Å². The second-order valence-electron chi connectivity index (χ2n) is 10.1. The van der Waals surface area contributed by atoms with Crippen molar-refractivity contribution in [3.63, 3.8) is 0 Å². The van der Waals surface area contributed by atoms with Crippen molar-refractivity contribution < 1.29 is 13.0 Å². The first-order chi connectivity index (χ1) is 14.7. The molecule has 0 fully saturated rings. The maximum absolute atomic E-state index is 9.19. The van der Waals surface area contributed by atoms with Crippen molar-refractivity contribution in [3.8, 4) is 0 Å². The first kappa shape index (κ1) is 36.9. The van der Waals surface area contributed by atoms with Gasteiger partial charge in [-0.25, -0.2) is 0 Å². The van der Waals surface area contributed by atoms with E-state index in [9.17, 15) is 8.42 Å². The van der Waals surface area contributed by atoms with Gasteiger partial charge in [-0.05, 0) is 0 Å². The Hall–Kier alpha value is 0.300. The molecule has 0 aromatic rings. The molecule has 4 N–H and O–H groups in total. The van der Waals surface area contributed by atoms with E-state index in [2.05, 4.69) is 27.4 Å². The van der Waals surface area contributed by atoms with Crippen LogP contribution in [0.3, 0.4) is 0 Å². The molecule has 200 valence electrons. The summed E-state index contributed by atoms with van der Waals surface area (Å²) >= 11 is 0. The van der Waals surface area contributed by atoms with Crippen LogP contribution in [0.4, 0.5) is 0 Å². The van der Waals surface area contributed by atoms with Crippen molar-refractivity contribution >= 4 is 17.4 Å². The Bertz CT molecular complexity index is 409. The zero-order valence-corrected chi connectivity index (χ0v) is 24.5. The van der Waals surface area contributed by atoms with E-state index in [0.29, 0.717) is 6.26 Å². The number of rotatable bonds is 21. The predicted molar refractivity (Wildman–Crippen MR) is 151 cm³/mol. The summed E-state index contributed by atoms with van der Waals surface area (Å²) in [5.74, 6) is 0. The molecular formula is C26H62NO3PS. The molecule has 0 unspecified atom stereocenters. The summed E-state index contributed by atoms with van der Waals surface area (Å²) in [5.41, 5.74) is 0. The van der Waals surface area contributed by atoms with Crippen molar-refractivity contribution in [2.24, 2.45) is 0 Å². The molecule has 0 saturated heterocycles. The molecule has 0 radical (unpaired) electrons. The van der Waals surface area contributed by atoms with Crippen LogP contribution in [0.15, 0.2) is 0 Å². The van der Waals surface area contributed by atoms with Gasteiger partial charge in [-0.2, -0.15) is 8.42 Å². The van der Waals surface area contributed by atoms with E-state index < -0.39 is 17.4 Å². The topological polar surface area (TPSA) is 89.4 Å². The molecule has 0 atom stereocenters. The van der Waals surface area contributed by atoms with Gasteiger partial charge in [-0.15, -0.1) is 0 Å². The van der Waals surface area contributed by atoms with E-state index in [4.69, 9.17) is 4.55 Å². The van der Waals surface area contributed by atoms with Crippen LogP contribution in [0.1, 0.15) is 136 Å². The molecule has 0 aromatic heterocycles. The number of hydrogen-bond donors (Lipinski definition) is 2. The second-order valence-corrected chi connectivity index (χ2v) is 16.7. The van der Waals surface area contributed by atoms with Crippen molar-refractivity contribution in [1.29, 1.82) is 0 Å². The Morgan fingerprint density at radius 1 is 0.531 bits per heavy atom. The number of hydrogen-bond acceptors (Lipinski definition) is 3. The first-order valence-corrected chi connectivity index (χ1v) is 18.6. The average Bonchev–Trinajstić information content (AvgIpc) is 2.69.